The van der Waals surface area contributed by atoms with Crippen LogP contribution in [0.4, 0.5) is 5.69 Å². The van der Waals surface area contributed by atoms with Crippen LogP contribution >= 0.6 is 50.5 Å². The van der Waals surface area contributed by atoms with E-state index in [0.717, 1.165) is 9.35 Å². The highest BCUT2D eigenvalue weighted by atomic mass is 79.9. The Morgan fingerprint density at radius 2 is 2.05 bits per heavy atom. The number of anilines is 1. The van der Waals surface area contributed by atoms with Gasteiger partial charge in [-0.15, -0.1) is 11.3 Å². The Balaban J connectivity index is 2.26. The molecule has 0 radical (unpaired) electrons. The van der Waals surface area contributed by atoms with Gasteiger partial charge in [-0.05, 0) is 51.1 Å². The lowest BCUT2D eigenvalue weighted by molar-refractivity contribution is -0.112. The van der Waals surface area contributed by atoms with E-state index >= 15 is 0 Å². The van der Waals surface area contributed by atoms with Crippen molar-refractivity contribution in [2.24, 2.45) is 0 Å². The topological polar surface area (TPSA) is 52.9 Å². The number of nitriles is 1. The van der Waals surface area contributed by atoms with Gasteiger partial charge in [0.05, 0.1) is 19.5 Å². The highest BCUT2D eigenvalue weighted by Gasteiger charge is 2.14. The largest absolute Gasteiger partial charge is 0.319 e. The van der Waals surface area contributed by atoms with Gasteiger partial charge in [-0.2, -0.15) is 5.26 Å². The molecule has 0 bridgehead atoms. The normalized spacial score (nSPS) is 11.0. The van der Waals surface area contributed by atoms with E-state index in [1.807, 2.05) is 17.5 Å². The number of hydrogen-bond acceptors (Lipinski definition) is 3. The first-order chi connectivity index (χ1) is 10.0. The van der Waals surface area contributed by atoms with Gasteiger partial charge >= 0.3 is 0 Å². The van der Waals surface area contributed by atoms with E-state index in [1.54, 1.807) is 18.2 Å². The molecule has 0 spiro atoms. The first-order valence-corrected chi connectivity index (χ1v) is 8.05. The first-order valence-electron chi connectivity index (χ1n) is 5.62. The van der Waals surface area contributed by atoms with Crippen LogP contribution < -0.4 is 5.32 Å². The van der Waals surface area contributed by atoms with Crippen molar-refractivity contribution in [3.63, 3.8) is 0 Å². The fourth-order valence-electron chi connectivity index (χ4n) is 1.51. The number of nitrogens with one attached hydrogen (secondary N) is 1. The summed E-state index contributed by atoms with van der Waals surface area (Å²) < 4.78 is 0.917. The summed E-state index contributed by atoms with van der Waals surface area (Å²) in [4.78, 5) is 12.1. The molecule has 0 aliphatic rings. The van der Waals surface area contributed by atoms with Crippen molar-refractivity contribution in [2.75, 3.05) is 5.32 Å². The lowest BCUT2D eigenvalue weighted by Crippen LogP contribution is -2.14. The summed E-state index contributed by atoms with van der Waals surface area (Å²) in [7, 11) is 0. The van der Waals surface area contributed by atoms with Gasteiger partial charge < -0.3 is 5.32 Å². The zero-order valence-corrected chi connectivity index (χ0v) is 14.3. The average Bonchev–Trinajstić information content (AvgIpc) is 2.85. The van der Waals surface area contributed by atoms with E-state index in [-0.39, 0.29) is 5.57 Å². The molecular formula is C14H7BrCl2N2OS. The zero-order valence-electron chi connectivity index (χ0n) is 10.4. The van der Waals surface area contributed by atoms with Crippen LogP contribution in [0.1, 0.15) is 5.56 Å². The lowest BCUT2D eigenvalue weighted by atomic mass is 10.2. The SMILES string of the molecule is N#C/C(=C\c1csc(Br)c1)C(=O)Nc1c(Cl)cccc1Cl. The minimum Gasteiger partial charge on any atom is -0.319 e. The maximum Gasteiger partial charge on any atom is 0.266 e. The Morgan fingerprint density at radius 1 is 1.38 bits per heavy atom. The number of benzene rings is 1. The molecule has 1 aromatic carbocycles. The third-order valence-corrected chi connectivity index (χ3v) is 4.62. The fraction of sp³-hybridized carbons (Fsp3) is 0. The number of thiophene rings is 1. The zero-order chi connectivity index (χ0) is 15.4. The second kappa shape index (κ2) is 7.10. The third-order valence-electron chi connectivity index (χ3n) is 2.47. The number of nitrogens with zero attached hydrogens (tertiary/aromatic N) is 1. The van der Waals surface area contributed by atoms with Crippen molar-refractivity contribution in [1.29, 1.82) is 5.26 Å². The van der Waals surface area contributed by atoms with Crippen LogP contribution in [0, 0.1) is 11.3 Å². The first kappa shape index (κ1) is 16.1. The Labute approximate surface area is 143 Å². The maximum absolute atomic E-state index is 12.1. The van der Waals surface area contributed by atoms with Gasteiger partial charge in [-0.3, -0.25) is 4.79 Å². The number of carbonyl (C=O) groups excluding carboxylic acids is 1. The number of hydrogen-bond donors (Lipinski definition) is 1. The van der Waals surface area contributed by atoms with Gasteiger partial charge in [-0.25, -0.2) is 0 Å². The molecule has 3 nitrogen and oxygen atoms in total. The van der Waals surface area contributed by atoms with Crippen molar-refractivity contribution in [3.05, 3.63) is 54.6 Å². The molecule has 0 saturated heterocycles. The van der Waals surface area contributed by atoms with Crippen LogP contribution in [0.2, 0.25) is 10.0 Å². The fourth-order valence-corrected chi connectivity index (χ4v) is 3.14. The average molecular weight is 402 g/mol. The second-order valence-electron chi connectivity index (χ2n) is 3.90. The van der Waals surface area contributed by atoms with Crippen molar-refractivity contribution >= 4 is 68.1 Å². The van der Waals surface area contributed by atoms with Crippen molar-refractivity contribution in [3.8, 4) is 6.07 Å². The van der Waals surface area contributed by atoms with Gasteiger partial charge in [0.2, 0.25) is 0 Å². The van der Waals surface area contributed by atoms with E-state index < -0.39 is 5.91 Å². The number of halogens is 3. The van der Waals surface area contributed by atoms with Gasteiger partial charge in [0.1, 0.15) is 11.6 Å². The van der Waals surface area contributed by atoms with E-state index in [4.69, 9.17) is 28.5 Å². The molecule has 0 aliphatic heterocycles. The van der Waals surface area contributed by atoms with E-state index in [9.17, 15) is 4.79 Å². The number of para-hydroxylation sites is 1. The molecule has 2 rings (SSSR count). The smallest absolute Gasteiger partial charge is 0.266 e. The van der Waals surface area contributed by atoms with Gasteiger partial charge in [0, 0.05) is 0 Å². The minimum absolute atomic E-state index is 0.0312. The van der Waals surface area contributed by atoms with Crippen LogP contribution in [0.5, 0.6) is 0 Å². The summed E-state index contributed by atoms with van der Waals surface area (Å²) in [6, 6.07) is 8.57. The molecule has 1 N–H and O–H groups in total. The standard InChI is InChI=1S/C14H7BrCl2N2OS/c15-12-5-8(7-21-12)4-9(6-18)14(20)19-13-10(16)2-1-3-11(13)17/h1-5,7H,(H,19,20)/b9-4+. The summed E-state index contributed by atoms with van der Waals surface area (Å²) in [6.45, 7) is 0. The number of carbonyl (C=O) groups is 1. The molecule has 0 unspecified atom stereocenters. The molecule has 1 aromatic heterocycles. The molecule has 0 atom stereocenters. The Morgan fingerprint density at radius 3 is 2.57 bits per heavy atom. The second-order valence-corrected chi connectivity index (χ2v) is 7.01. The molecule has 0 aliphatic carbocycles. The molecule has 0 saturated carbocycles. The highest BCUT2D eigenvalue weighted by molar-refractivity contribution is 9.11. The molecular weight excluding hydrogens is 395 g/mol. The van der Waals surface area contributed by atoms with Crippen LogP contribution in [0.25, 0.3) is 6.08 Å². The summed E-state index contributed by atoms with van der Waals surface area (Å²) in [5.74, 6) is -0.560. The molecule has 0 fully saturated rings. The van der Waals surface area contributed by atoms with Crippen molar-refractivity contribution in [1.82, 2.24) is 0 Å². The number of rotatable bonds is 3. The van der Waals surface area contributed by atoms with Crippen LogP contribution in [-0.4, -0.2) is 5.91 Å². The monoisotopic (exact) mass is 400 g/mol. The molecule has 2 aromatic rings. The number of amides is 1. The molecule has 21 heavy (non-hydrogen) atoms. The molecule has 7 heteroatoms. The lowest BCUT2D eigenvalue weighted by Gasteiger charge is -2.08. The molecule has 1 amide bonds. The van der Waals surface area contributed by atoms with Crippen LogP contribution in [0.15, 0.2) is 39.0 Å². The Kier molecular flexibility index (Phi) is 5.43. The molecule has 1 heterocycles. The van der Waals surface area contributed by atoms with Crippen molar-refractivity contribution < 1.29 is 4.79 Å². The predicted octanol–water partition coefficient (Wildman–Crippen LogP) is 5.36. The minimum atomic E-state index is -0.560. The Bertz CT molecular complexity index is 744. The van der Waals surface area contributed by atoms with Crippen molar-refractivity contribution in [2.45, 2.75) is 0 Å². The summed E-state index contributed by atoms with van der Waals surface area (Å²) in [6.07, 6.45) is 1.50. The quantitative estimate of drug-likeness (QED) is 0.555. The summed E-state index contributed by atoms with van der Waals surface area (Å²) >= 11 is 16.7. The van der Waals surface area contributed by atoms with E-state index in [0.29, 0.717) is 15.7 Å². The van der Waals surface area contributed by atoms with Gasteiger partial charge in [0.25, 0.3) is 5.91 Å². The van der Waals surface area contributed by atoms with E-state index in [2.05, 4.69) is 21.2 Å². The third kappa shape index (κ3) is 4.08. The van der Waals surface area contributed by atoms with Gasteiger partial charge in [0.15, 0.2) is 0 Å². The van der Waals surface area contributed by atoms with Crippen LogP contribution in [0.3, 0.4) is 0 Å². The Hall–Kier alpha value is -1.32. The summed E-state index contributed by atoms with van der Waals surface area (Å²) in [5, 5.41) is 14.1. The summed E-state index contributed by atoms with van der Waals surface area (Å²) in [5.41, 5.74) is 1.03. The predicted molar refractivity (Wildman–Crippen MR) is 90.7 cm³/mol. The highest BCUT2D eigenvalue weighted by Crippen LogP contribution is 2.30. The van der Waals surface area contributed by atoms with Crippen LogP contribution in [-0.2, 0) is 4.79 Å². The maximum atomic E-state index is 12.1. The van der Waals surface area contributed by atoms with E-state index in [1.165, 1.54) is 17.4 Å². The molecule has 106 valence electrons. The van der Waals surface area contributed by atoms with Gasteiger partial charge in [-0.1, -0.05) is 29.3 Å².